The van der Waals surface area contributed by atoms with Crippen LogP contribution in [0.25, 0.3) is 17.1 Å². The van der Waals surface area contributed by atoms with Gasteiger partial charge in [0.2, 0.25) is 0 Å². The monoisotopic (exact) mass is 408 g/mol. The normalized spacial score (nSPS) is 11.0. The van der Waals surface area contributed by atoms with E-state index < -0.39 is 0 Å². The average Bonchev–Trinajstić information content (AvgIpc) is 2.85. The van der Waals surface area contributed by atoms with Crippen molar-refractivity contribution < 1.29 is 4.39 Å². The Hall–Kier alpha value is -1.93. The first kappa shape index (κ1) is 16.9. The predicted molar refractivity (Wildman–Crippen MR) is 96.2 cm³/mol. The fourth-order valence-corrected chi connectivity index (χ4v) is 3.55. The van der Waals surface area contributed by atoms with E-state index in [0.29, 0.717) is 33.4 Å². The van der Waals surface area contributed by atoms with E-state index in [1.54, 1.807) is 29.0 Å². The van der Waals surface area contributed by atoms with Gasteiger partial charge in [0.15, 0.2) is 5.16 Å². The molecule has 0 aliphatic heterocycles. The molecule has 124 valence electrons. The molecule has 1 aromatic carbocycles. The molecule has 0 N–H and O–H groups in total. The topological polar surface area (TPSA) is 52.7 Å². The van der Waals surface area contributed by atoms with Gasteiger partial charge in [0, 0.05) is 12.7 Å². The van der Waals surface area contributed by atoms with E-state index in [0.717, 1.165) is 0 Å². The molecule has 0 aliphatic rings. The second kappa shape index (κ2) is 6.90. The summed E-state index contributed by atoms with van der Waals surface area (Å²) in [6.45, 7) is 2.39. The highest BCUT2D eigenvalue weighted by atomic mass is 79.9. The van der Waals surface area contributed by atoms with Crippen LogP contribution in [-0.2, 0) is 6.54 Å². The molecule has 0 aliphatic carbocycles. The molecule has 0 unspecified atom stereocenters. The number of imidazole rings is 1. The number of thioether (sulfide) groups is 1. The summed E-state index contributed by atoms with van der Waals surface area (Å²) in [5.41, 5.74) is 1.60. The minimum Gasteiger partial charge on any atom is -0.286 e. The summed E-state index contributed by atoms with van der Waals surface area (Å²) in [7, 11) is 0. The van der Waals surface area contributed by atoms with Crippen LogP contribution in [0.4, 0.5) is 4.39 Å². The van der Waals surface area contributed by atoms with Gasteiger partial charge >= 0.3 is 5.69 Å². The minimum absolute atomic E-state index is 0.213. The molecule has 0 saturated heterocycles. The van der Waals surface area contributed by atoms with E-state index >= 15 is 0 Å². The van der Waals surface area contributed by atoms with Crippen LogP contribution in [0.5, 0.6) is 0 Å². The van der Waals surface area contributed by atoms with Crippen molar-refractivity contribution in [1.29, 1.82) is 0 Å². The van der Waals surface area contributed by atoms with Crippen LogP contribution in [0.15, 0.2) is 51.1 Å². The first-order valence-corrected chi connectivity index (χ1v) is 9.23. The summed E-state index contributed by atoms with van der Waals surface area (Å²) in [6.07, 6.45) is 3.54. The number of benzene rings is 1. The van der Waals surface area contributed by atoms with Gasteiger partial charge in [-0.15, -0.1) is 0 Å². The van der Waals surface area contributed by atoms with E-state index in [-0.39, 0.29) is 11.5 Å². The lowest BCUT2D eigenvalue weighted by molar-refractivity contribution is 0.627. The summed E-state index contributed by atoms with van der Waals surface area (Å²) in [5.74, 6) is -0.353. The van der Waals surface area contributed by atoms with E-state index in [4.69, 9.17) is 0 Å². The second-order valence-electron chi connectivity index (χ2n) is 4.91. The van der Waals surface area contributed by atoms with Crippen LogP contribution >= 0.6 is 27.7 Å². The standard InChI is InChI=1S/C16H14BrFN4OS/c1-3-21-14(17)13(12-8-9-19-15(20-12)24-2)22(16(21)23)11-6-4-10(18)5-7-11/h4-9H,3H2,1-2H3. The van der Waals surface area contributed by atoms with Crippen LogP contribution in [0.3, 0.4) is 0 Å². The van der Waals surface area contributed by atoms with Crippen LogP contribution < -0.4 is 5.69 Å². The Bertz CT molecular complexity index is 936. The maximum absolute atomic E-state index is 13.3. The van der Waals surface area contributed by atoms with Crippen LogP contribution in [0.1, 0.15) is 6.92 Å². The van der Waals surface area contributed by atoms with Crippen LogP contribution in [0.2, 0.25) is 0 Å². The van der Waals surface area contributed by atoms with Gasteiger partial charge in [0.1, 0.15) is 16.1 Å². The van der Waals surface area contributed by atoms with Gasteiger partial charge in [-0.05, 0) is 59.4 Å². The fraction of sp³-hybridized carbons (Fsp3) is 0.188. The smallest absolute Gasteiger partial charge is 0.286 e. The molecule has 8 heteroatoms. The zero-order chi connectivity index (χ0) is 17.3. The molecule has 3 aromatic rings. The number of rotatable bonds is 4. The number of hydrogen-bond acceptors (Lipinski definition) is 4. The van der Waals surface area contributed by atoms with Gasteiger partial charge in [0.25, 0.3) is 0 Å². The van der Waals surface area contributed by atoms with Gasteiger partial charge in [-0.1, -0.05) is 11.8 Å². The Kier molecular flexibility index (Phi) is 4.86. The van der Waals surface area contributed by atoms with E-state index in [2.05, 4.69) is 25.9 Å². The quantitative estimate of drug-likeness (QED) is 0.487. The van der Waals surface area contributed by atoms with E-state index in [9.17, 15) is 9.18 Å². The summed E-state index contributed by atoms with van der Waals surface area (Å²) in [4.78, 5) is 21.5. The molecule has 2 heterocycles. The molecular formula is C16H14BrFN4OS. The third kappa shape index (κ3) is 2.91. The van der Waals surface area contributed by atoms with E-state index in [1.165, 1.54) is 28.5 Å². The molecule has 0 saturated carbocycles. The summed E-state index contributed by atoms with van der Waals surface area (Å²) in [6, 6.07) is 7.55. The molecule has 0 bridgehead atoms. The van der Waals surface area contributed by atoms with Crippen LogP contribution in [0, 0.1) is 5.82 Å². The first-order chi connectivity index (χ1) is 11.6. The predicted octanol–water partition coefficient (Wildman–Crippen LogP) is 3.74. The zero-order valence-electron chi connectivity index (χ0n) is 13.0. The molecule has 0 spiro atoms. The summed E-state index contributed by atoms with van der Waals surface area (Å²) < 4.78 is 17.0. The number of aromatic nitrogens is 4. The largest absolute Gasteiger partial charge is 0.334 e. The number of hydrogen-bond donors (Lipinski definition) is 0. The van der Waals surface area contributed by atoms with Crippen molar-refractivity contribution in [3.8, 4) is 17.1 Å². The first-order valence-electron chi connectivity index (χ1n) is 7.21. The molecule has 0 fully saturated rings. The van der Waals surface area contributed by atoms with Gasteiger partial charge in [-0.25, -0.2) is 19.2 Å². The maximum Gasteiger partial charge on any atom is 0.334 e. The number of nitrogens with zero attached hydrogens (tertiary/aromatic N) is 4. The van der Waals surface area contributed by atoms with Gasteiger partial charge in [-0.3, -0.25) is 9.13 Å². The Morgan fingerprint density at radius 1 is 1.25 bits per heavy atom. The summed E-state index contributed by atoms with van der Waals surface area (Å²) >= 11 is 4.93. The van der Waals surface area contributed by atoms with Crippen molar-refractivity contribution in [1.82, 2.24) is 19.1 Å². The van der Waals surface area contributed by atoms with Gasteiger partial charge in [-0.2, -0.15) is 0 Å². The fourth-order valence-electron chi connectivity index (χ4n) is 2.42. The molecule has 0 amide bonds. The highest BCUT2D eigenvalue weighted by Crippen LogP contribution is 2.29. The Balaban J connectivity index is 2.32. The summed E-state index contributed by atoms with van der Waals surface area (Å²) in [5, 5.41) is 0.613. The second-order valence-corrected chi connectivity index (χ2v) is 6.43. The molecular weight excluding hydrogens is 395 g/mol. The van der Waals surface area contributed by atoms with Crippen LogP contribution in [-0.4, -0.2) is 25.4 Å². The van der Waals surface area contributed by atoms with Crippen molar-refractivity contribution >= 4 is 27.7 Å². The molecule has 0 atom stereocenters. The SMILES string of the molecule is CCn1c(Br)c(-c2ccnc(SC)n2)n(-c2ccc(F)cc2)c1=O. The Morgan fingerprint density at radius 3 is 2.58 bits per heavy atom. The van der Waals surface area contributed by atoms with Crippen molar-refractivity contribution in [3.05, 3.63) is 57.4 Å². The third-order valence-electron chi connectivity index (χ3n) is 3.54. The third-order valence-corrected chi connectivity index (χ3v) is 4.90. The molecule has 0 radical (unpaired) electrons. The lowest BCUT2D eigenvalue weighted by Crippen LogP contribution is -2.23. The van der Waals surface area contributed by atoms with Crippen molar-refractivity contribution in [2.24, 2.45) is 0 Å². The highest BCUT2D eigenvalue weighted by Gasteiger charge is 2.21. The van der Waals surface area contributed by atoms with Crippen molar-refractivity contribution in [2.75, 3.05) is 6.26 Å². The lowest BCUT2D eigenvalue weighted by atomic mass is 10.2. The van der Waals surface area contributed by atoms with Crippen molar-refractivity contribution in [3.63, 3.8) is 0 Å². The molecule has 2 aromatic heterocycles. The molecule has 3 rings (SSSR count). The Labute approximate surface area is 150 Å². The average molecular weight is 409 g/mol. The maximum atomic E-state index is 13.3. The van der Waals surface area contributed by atoms with Gasteiger partial charge in [0.05, 0.1) is 11.4 Å². The van der Waals surface area contributed by atoms with E-state index in [1.807, 2.05) is 13.2 Å². The minimum atomic E-state index is -0.353. The van der Waals surface area contributed by atoms with Gasteiger partial charge < -0.3 is 0 Å². The zero-order valence-corrected chi connectivity index (χ0v) is 15.4. The highest BCUT2D eigenvalue weighted by molar-refractivity contribution is 9.10. The number of halogens is 2. The lowest BCUT2D eigenvalue weighted by Gasteiger charge is -2.08. The Morgan fingerprint density at radius 2 is 1.96 bits per heavy atom. The molecule has 24 heavy (non-hydrogen) atoms. The van der Waals surface area contributed by atoms with Crippen molar-refractivity contribution in [2.45, 2.75) is 18.6 Å². The molecule has 5 nitrogen and oxygen atoms in total.